The molecule has 0 saturated heterocycles. The highest BCUT2D eigenvalue weighted by Crippen LogP contribution is 2.44. The van der Waals surface area contributed by atoms with E-state index in [0.717, 1.165) is 34.6 Å². The summed E-state index contributed by atoms with van der Waals surface area (Å²) in [6.45, 7) is 10.6. The van der Waals surface area contributed by atoms with Crippen LogP contribution >= 0.6 is 23.1 Å². The zero-order valence-corrected chi connectivity index (χ0v) is 27.4. The minimum absolute atomic E-state index is 0.163. The van der Waals surface area contributed by atoms with E-state index in [1.807, 2.05) is 25.1 Å². The number of carbonyl (C=O) groups is 3. The highest BCUT2D eigenvalue weighted by atomic mass is 32.2. The van der Waals surface area contributed by atoms with Crippen molar-refractivity contribution in [3.8, 4) is 11.5 Å². The van der Waals surface area contributed by atoms with Gasteiger partial charge in [-0.05, 0) is 86.4 Å². The van der Waals surface area contributed by atoms with E-state index < -0.39 is 5.25 Å². The second-order valence-corrected chi connectivity index (χ2v) is 14.1. The molecule has 0 radical (unpaired) electrons. The predicted molar refractivity (Wildman–Crippen MR) is 173 cm³/mol. The van der Waals surface area contributed by atoms with Crippen LogP contribution in [0.25, 0.3) is 0 Å². The normalized spacial score (nSPS) is 15.2. The number of anilines is 2. The summed E-state index contributed by atoms with van der Waals surface area (Å²) in [5.74, 6) is 0.618. The first-order valence-corrected chi connectivity index (χ1v) is 16.1. The van der Waals surface area contributed by atoms with Crippen LogP contribution < -0.4 is 20.1 Å². The van der Waals surface area contributed by atoms with Crippen LogP contribution in [-0.2, 0) is 22.4 Å². The van der Waals surface area contributed by atoms with Crippen molar-refractivity contribution in [3.05, 3.63) is 64.0 Å². The second-order valence-electron chi connectivity index (χ2n) is 11.5. The fourth-order valence-corrected chi connectivity index (χ4v) is 7.38. The summed E-state index contributed by atoms with van der Waals surface area (Å²) in [6, 6.07) is 12.3. The SMILES string of the molecule is CCOC(=O)c1c(NC(=O)C(C)Sc2cccc(NC(=O)c3ccc(OC)c(OC)c3)c2)sc2c1CCC(C(C)(C)C)C2. The van der Waals surface area contributed by atoms with Crippen LogP contribution in [0, 0.1) is 11.3 Å². The summed E-state index contributed by atoms with van der Waals surface area (Å²) in [5, 5.41) is 6.04. The molecule has 1 aromatic heterocycles. The van der Waals surface area contributed by atoms with Gasteiger partial charge < -0.3 is 24.8 Å². The number of nitrogens with one attached hydrogen (secondary N) is 2. The first-order valence-electron chi connectivity index (χ1n) is 14.4. The fraction of sp³-hybridized carbons (Fsp3) is 0.424. The van der Waals surface area contributed by atoms with Gasteiger partial charge in [0.25, 0.3) is 5.91 Å². The number of hydrogen-bond acceptors (Lipinski definition) is 8. The van der Waals surface area contributed by atoms with E-state index in [-0.39, 0.29) is 29.8 Å². The van der Waals surface area contributed by atoms with Gasteiger partial charge in [0.05, 0.1) is 31.6 Å². The molecular weight excluding hydrogens is 585 g/mol. The molecule has 1 heterocycles. The van der Waals surface area contributed by atoms with Crippen molar-refractivity contribution < 1.29 is 28.6 Å². The summed E-state index contributed by atoms with van der Waals surface area (Å²) in [4.78, 5) is 41.2. The average molecular weight is 625 g/mol. The lowest BCUT2D eigenvalue weighted by Crippen LogP contribution is -2.27. The number of fused-ring (bicyclic) bond motifs is 1. The van der Waals surface area contributed by atoms with E-state index in [0.29, 0.717) is 39.2 Å². The van der Waals surface area contributed by atoms with Crippen LogP contribution in [0.15, 0.2) is 47.4 Å². The molecule has 1 aliphatic rings. The smallest absolute Gasteiger partial charge is 0.341 e. The summed E-state index contributed by atoms with van der Waals surface area (Å²) in [6.07, 6.45) is 2.68. The van der Waals surface area contributed by atoms with Crippen molar-refractivity contribution in [1.82, 2.24) is 0 Å². The van der Waals surface area contributed by atoms with Crippen LogP contribution in [-0.4, -0.2) is 43.9 Å². The quantitative estimate of drug-likeness (QED) is 0.178. The van der Waals surface area contributed by atoms with E-state index in [4.69, 9.17) is 14.2 Å². The van der Waals surface area contributed by atoms with Gasteiger partial charge in [0.15, 0.2) is 11.5 Å². The van der Waals surface area contributed by atoms with Crippen molar-refractivity contribution in [2.45, 2.75) is 64.0 Å². The van der Waals surface area contributed by atoms with Gasteiger partial charge in [0, 0.05) is 21.0 Å². The zero-order chi connectivity index (χ0) is 31.3. The Labute approximate surface area is 261 Å². The maximum absolute atomic E-state index is 13.4. The number of carbonyl (C=O) groups excluding carboxylic acids is 3. The Bertz CT molecular complexity index is 1490. The molecule has 0 fully saturated rings. The van der Waals surface area contributed by atoms with Gasteiger partial charge in [0.2, 0.25) is 5.91 Å². The first kappa shape index (κ1) is 32.4. The summed E-state index contributed by atoms with van der Waals surface area (Å²) >= 11 is 2.86. The van der Waals surface area contributed by atoms with E-state index in [2.05, 4.69) is 31.4 Å². The molecule has 0 spiro atoms. The van der Waals surface area contributed by atoms with Gasteiger partial charge in [-0.25, -0.2) is 4.79 Å². The summed E-state index contributed by atoms with van der Waals surface area (Å²) in [7, 11) is 3.06. The topological polar surface area (TPSA) is 103 Å². The van der Waals surface area contributed by atoms with Gasteiger partial charge in [0.1, 0.15) is 5.00 Å². The van der Waals surface area contributed by atoms with Crippen LogP contribution in [0.4, 0.5) is 10.7 Å². The maximum atomic E-state index is 13.4. The average Bonchev–Trinajstić information content (AvgIpc) is 3.33. The third-order valence-electron chi connectivity index (χ3n) is 7.63. The molecule has 4 rings (SSSR count). The maximum Gasteiger partial charge on any atom is 0.341 e. The molecule has 2 atom stereocenters. The Balaban J connectivity index is 1.46. The van der Waals surface area contributed by atoms with Crippen LogP contribution in [0.1, 0.15) is 72.2 Å². The highest BCUT2D eigenvalue weighted by Gasteiger charge is 2.35. The van der Waals surface area contributed by atoms with Crippen molar-refractivity contribution >= 4 is 51.6 Å². The van der Waals surface area contributed by atoms with Crippen molar-refractivity contribution in [2.24, 2.45) is 11.3 Å². The lowest BCUT2D eigenvalue weighted by molar-refractivity contribution is -0.115. The number of hydrogen-bond donors (Lipinski definition) is 2. The fourth-order valence-electron chi connectivity index (χ4n) is 5.13. The first-order chi connectivity index (χ1) is 20.4. The van der Waals surface area contributed by atoms with Crippen molar-refractivity contribution in [3.63, 3.8) is 0 Å². The molecule has 0 bridgehead atoms. The minimum Gasteiger partial charge on any atom is -0.493 e. The molecule has 10 heteroatoms. The number of methoxy groups -OCH3 is 2. The Hall–Kier alpha value is -3.50. The lowest BCUT2D eigenvalue weighted by atomic mass is 9.72. The molecule has 1 aliphatic carbocycles. The monoisotopic (exact) mass is 624 g/mol. The van der Waals surface area contributed by atoms with E-state index >= 15 is 0 Å². The minimum atomic E-state index is -0.465. The molecule has 2 unspecified atom stereocenters. The van der Waals surface area contributed by atoms with Gasteiger partial charge in [-0.15, -0.1) is 23.1 Å². The summed E-state index contributed by atoms with van der Waals surface area (Å²) in [5.41, 5.74) is 2.70. The van der Waals surface area contributed by atoms with E-state index in [1.54, 1.807) is 31.2 Å². The molecule has 230 valence electrons. The Kier molecular flexibility index (Phi) is 10.4. The van der Waals surface area contributed by atoms with Crippen LogP contribution in [0.2, 0.25) is 0 Å². The number of thioether (sulfide) groups is 1. The molecule has 2 aromatic carbocycles. The number of esters is 1. The highest BCUT2D eigenvalue weighted by molar-refractivity contribution is 8.00. The standard InChI is InChI=1S/C33H40N2O6S2/c1-8-41-32(38)28-24-14-13-21(33(3,4)5)17-27(24)43-31(28)35-29(36)19(2)42-23-11-9-10-22(18-23)34-30(37)20-12-15-25(39-6)26(16-20)40-7/h9-12,15-16,18-19,21H,8,13-14,17H2,1-7H3,(H,34,37)(H,35,36). The van der Waals surface area contributed by atoms with Gasteiger partial charge in [-0.1, -0.05) is 26.8 Å². The summed E-state index contributed by atoms with van der Waals surface area (Å²) < 4.78 is 15.9. The molecular formula is C33H40N2O6S2. The van der Waals surface area contributed by atoms with Gasteiger partial charge >= 0.3 is 5.97 Å². The molecule has 8 nitrogen and oxygen atoms in total. The predicted octanol–water partition coefficient (Wildman–Crippen LogP) is 7.46. The third kappa shape index (κ3) is 7.72. The third-order valence-corrected chi connectivity index (χ3v) is 9.89. The lowest BCUT2D eigenvalue weighted by Gasteiger charge is -2.33. The number of ether oxygens (including phenoxy) is 3. The molecule has 0 saturated carbocycles. The van der Waals surface area contributed by atoms with Crippen molar-refractivity contribution in [2.75, 3.05) is 31.5 Å². The number of thiophene rings is 1. The Morgan fingerprint density at radius 1 is 1.05 bits per heavy atom. The Morgan fingerprint density at radius 3 is 2.47 bits per heavy atom. The van der Waals surface area contributed by atoms with Crippen molar-refractivity contribution in [1.29, 1.82) is 0 Å². The van der Waals surface area contributed by atoms with Crippen LogP contribution in [0.3, 0.4) is 0 Å². The largest absolute Gasteiger partial charge is 0.493 e. The Morgan fingerprint density at radius 2 is 1.79 bits per heavy atom. The van der Waals surface area contributed by atoms with Gasteiger partial charge in [-0.2, -0.15) is 0 Å². The molecule has 2 N–H and O–H groups in total. The van der Waals surface area contributed by atoms with Crippen LogP contribution in [0.5, 0.6) is 11.5 Å². The van der Waals surface area contributed by atoms with E-state index in [1.165, 1.54) is 37.3 Å². The number of benzene rings is 2. The van der Waals surface area contributed by atoms with Gasteiger partial charge in [-0.3, -0.25) is 9.59 Å². The molecule has 3 aromatic rings. The molecule has 2 amide bonds. The number of amides is 2. The molecule has 0 aliphatic heterocycles. The number of rotatable bonds is 10. The van der Waals surface area contributed by atoms with E-state index in [9.17, 15) is 14.4 Å². The zero-order valence-electron chi connectivity index (χ0n) is 25.8. The molecule has 43 heavy (non-hydrogen) atoms. The second kappa shape index (κ2) is 13.9.